The molecule has 0 aliphatic rings. The minimum absolute atomic E-state index is 0.0112. The second-order valence-electron chi connectivity index (χ2n) is 8.10. The lowest BCUT2D eigenvalue weighted by Crippen LogP contribution is -2.30. The van der Waals surface area contributed by atoms with Crippen LogP contribution in [0.25, 0.3) is 6.08 Å². The maximum absolute atomic E-state index is 13.3. The third kappa shape index (κ3) is 8.44. The first kappa shape index (κ1) is 27.9. The summed E-state index contributed by atoms with van der Waals surface area (Å²) in [5.41, 5.74) is 2.03. The van der Waals surface area contributed by atoms with E-state index in [1.165, 1.54) is 17.8 Å². The van der Waals surface area contributed by atoms with Gasteiger partial charge in [-0.15, -0.1) is 11.8 Å². The zero-order valence-electron chi connectivity index (χ0n) is 20.4. The Morgan fingerprint density at radius 1 is 0.821 bits per heavy atom. The van der Waals surface area contributed by atoms with Crippen molar-refractivity contribution in [1.82, 2.24) is 10.3 Å². The summed E-state index contributed by atoms with van der Waals surface area (Å²) in [7, 11) is 0. The summed E-state index contributed by atoms with van der Waals surface area (Å²) in [5, 5.41) is 9.05. The summed E-state index contributed by atoms with van der Waals surface area (Å²) >= 11 is 13.6. The minimum Gasteiger partial charge on any atom is -0.325 e. The smallest absolute Gasteiger partial charge is 0.272 e. The molecule has 0 aliphatic heterocycles. The largest absolute Gasteiger partial charge is 0.325 e. The molecule has 0 fully saturated rings. The Bertz CT molecular complexity index is 1520. The van der Waals surface area contributed by atoms with Gasteiger partial charge in [-0.05, 0) is 66.2 Å². The Labute approximate surface area is 239 Å². The third-order valence-corrected chi connectivity index (χ3v) is 6.77. The van der Waals surface area contributed by atoms with Crippen LogP contribution in [-0.2, 0) is 9.59 Å². The van der Waals surface area contributed by atoms with Crippen molar-refractivity contribution >= 4 is 70.1 Å². The second kappa shape index (κ2) is 13.6. The molecule has 0 aliphatic carbocycles. The van der Waals surface area contributed by atoms with E-state index in [0.717, 1.165) is 4.90 Å². The minimum atomic E-state index is -0.553. The van der Waals surface area contributed by atoms with E-state index in [4.69, 9.17) is 23.2 Å². The summed E-state index contributed by atoms with van der Waals surface area (Å²) in [6, 6.07) is 23.9. The van der Waals surface area contributed by atoms with Crippen molar-refractivity contribution in [2.75, 3.05) is 16.4 Å². The number of halogens is 2. The van der Waals surface area contributed by atoms with Gasteiger partial charge in [0.25, 0.3) is 11.8 Å². The van der Waals surface area contributed by atoms with Gasteiger partial charge in [-0.25, -0.2) is 0 Å². The average Bonchev–Trinajstić information content (AvgIpc) is 2.94. The molecule has 4 rings (SSSR count). The van der Waals surface area contributed by atoms with E-state index in [0.29, 0.717) is 32.5 Å². The quantitative estimate of drug-likeness (QED) is 0.155. The third-order valence-electron chi connectivity index (χ3n) is 5.22. The standard InChI is InChI=1S/C29H22Cl2N4O3S/c30-21-10-9-20(25(31)16-21)15-26(35-28(37)19-5-2-1-3-6-19)29(38)34-23-7-4-8-24(17-23)39-18-27(36)33-22-11-13-32-14-12-22/h1-17H,18H2,(H,34,38)(H,35,37)(H,32,33,36)/b26-15+. The maximum atomic E-state index is 13.3. The van der Waals surface area contributed by atoms with Gasteiger partial charge in [0.2, 0.25) is 5.91 Å². The van der Waals surface area contributed by atoms with Crippen molar-refractivity contribution in [3.63, 3.8) is 0 Å². The highest BCUT2D eigenvalue weighted by Crippen LogP contribution is 2.25. The van der Waals surface area contributed by atoms with Gasteiger partial charge in [-0.3, -0.25) is 19.4 Å². The summed E-state index contributed by atoms with van der Waals surface area (Å²) in [6.45, 7) is 0. The number of nitrogens with one attached hydrogen (secondary N) is 3. The number of nitrogens with zero attached hydrogens (tertiary/aromatic N) is 1. The molecule has 3 aromatic carbocycles. The SMILES string of the molecule is O=C(CSc1cccc(NC(=O)/C(=C\c2ccc(Cl)cc2Cl)NC(=O)c2ccccc2)c1)Nc1ccncc1. The van der Waals surface area contributed by atoms with Crippen LogP contribution in [0.5, 0.6) is 0 Å². The first-order valence-electron chi connectivity index (χ1n) is 11.6. The van der Waals surface area contributed by atoms with Crippen LogP contribution in [-0.4, -0.2) is 28.5 Å². The number of rotatable bonds is 9. The molecule has 10 heteroatoms. The van der Waals surface area contributed by atoms with Crippen molar-refractivity contribution in [3.8, 4) is 0 Å². The molecule has 4 aromatic rings. The molecule has 0 atom stereocenters. The molecular weight excluding hydrogens is 555 g/mol. The van der Waals surface area contributed by atoms with Crippen LogP contribution in [0.4, 0.5) is 11.4 Å². The predicted octanol–water partition coefficient (Wildman–Crippen LogP) is 6.53. The van der Waals surface area contributed by atoms with E-state index >= 15 is 0 Å². The number of benzene rings is 3. The van der Waals surface area contributed by atoms with E-state index in [-0.39, 0.29) is 17.4 Å². The van der Waals surface area contributed by atoms with Gasteiger partial charge < -0.3 is 16.0 Å². The van der Waals surface area contributed by atoms with Crippen molar-refractivity contribution in [3.05, 3.63) is 124 Å². The Balaban J connectivity index is 1.48. The number of hydrogen-bond donors (Lipinski definition) is 3. The molecule has 39 heavy (non-hydrogen) atoms. The predicted molar refractivity (Wildman–Crippen MR) is 157 cm³/mol. The maximum Gasteiger partial charge on any atom is 0.272 e. The molecule has 0 unspecified atom stereocenters. The van der Waals surface area contributed by atoms with E-state index in [1.54, 1.807) is 91.3 Å². The van der Waals surface area contributed by atoms with E-state index in [9.17, 15) is 14.4 Å². The van der Waals surface area contributed by atoms with Crippen LogP contribution in [0, 0.1) is 0 Å². The number of pyridine rings is 1. The highest BCUT2D eigenvalue weighted by molar-refractivity contribution is 8.00. The van der Waals surface area contributed by atoms with Crippen molar-refractivity contribution in [2.45, 2.75) is 4.90 Å². The van der Waals surface area contributed by atoms with Gasteiger partial charge in [-0.1, -0.05) is 53.5 Å². The van der Waals surface area contributed by atoms with Gasteiger partial charge >= 0.3 is 0 Å². The van der Waals surface area contributed by atoms with Crippen LogP contribution in [0.3, 0.4) is 0 Å². The molecule has 7 nitrogen and oxygen atoms in total. The van der Waals surface area contributed by atoms with Crippen molar-refractivity contribution in [2.24, 2.45) is 0 Å². The number of carbonyl (C=O) groups excluding carboxylic acids is 3. The van der Waals surface area contributed by atoms with E-state index < -0.39 is 11.8 Å². The van der Waals surface area contributed by atoms with Crippen LogP contribution >= 0.6 is 35.0 Å². The highest BCUT2D eigenvalue weighted by atomic mass is 35.5. The zero-order chi connectivity index (χ0) is 27.6. The second-order valence-corrected chi connectivity index (χ2v) is 9.99. The van der Waals surface area contributed by atoms with E-state index in [1.807, 2.05) is 6.07 Å². The monoisotopic (exact) mass is 576 g/mol. The van der Waals surface area contributed by atoms with Gasteiger partial charge in [0, 0.05) is 44.3 Å². The Hall–Kier alpha value is -4.11. The Morgan fingerprint density at radius 2 is 1.59 bits per heavy atom. The molecule has 1 aromatic heterocycles. The number of anilines is 2. The number of aromatic nitrogens is 1. The molecule has 1 heterocycles. The van der Waals surface area contributed by atoms with Crippen LogP contribution in [0.2, 0.25) is 10.0 Å². The average molecular weight is 577 g/mol. The Kier molecular flexibility index (Phi) is 9.74. The summed E-state index contributed by atoms with van der Waals surface area (Å²) < 4.78 is 0. The summed E-state index contributed by atoms with van der Waals surface area (Å²) in [6.07, 6.45) is 4.68. The summed E-state index contributed by atoms with van der Waals surface area (Å²) in [4.78, 5) is 43.1. The normalized spacial score (nSPS) is 11.0. The first-order valence-corrected chi connectivity index (χ1v) is 13.4. The molecular formula is C29H22Cl2N4O3S. The van der Waals surface area contributed by atoms with Crippen LogP contribution < -0.4 is 16.0 Å². The first-order chi connectivity index (χ1) is 18.9. The highest BCUT2D eigenvalue weighted by Gasteiger charge is 2.16. The number of carbonyl (C=O) groups is 3. The lowest BCUT2D eigenvalue weighted by Gasteiger charge is -2.13. The van der Waals surface area contributed by atoms with E-state index in [2.05, 4.69) is 20.9 Å². The fourth-order valence-corrected chi connectivity index (χ4v) is 4.58. The van der Waals surface area contributed by atoms with Crippen LogP contribution in [0.15, 0.2) is 108 Å². The lowest BCUT2D eigenvalue weighted by atomic mass is 10.1. The van der Waals surface area contributed by atoms with Gasteiger partial charge in [-0.2, -0.15) is 0 Å². The van der Waals surface area contributed by atoms with Crippen LogP contribution in [0.1, 0.15) is 15.9 Å². The van der Waals surface area contributed by atoms with Crippen molar-refractivity contribution < 1.29 is 14.4 Å². The van der Waals surface area contributed by atoms with Gasteiger partial charge in [0.05, 0.1) is 5.75 Å². The fraction of sp³-hybridized carbons (Fsp3) is 0.0345. The Morgan fingerprint density at radius 3 is 2.33 bits per heavy atom. The molecule has 0 spiro atoms. The van der Waals surface area contributed by atoms with Gasteiger partial charge in [0.1, 0.15) is 5.70 Å². The number of amides is 3. The summed E-state index contributed by atoms with van der Waals surface area (Å²) in [5.74, 6) is -1.00. The molecule has 3 amide bonds. The number of hydrogen-bond acceptors (Lipinski definition) is 5. The number of thioether (sulfide) groups is 1. The topological polar surface area (TPSA) is 100 Å². The molecule has 3 N–H and O–H groups in total. The molecule has 0 saturated heterocycles. The van der Waals surface area contributed by atoms with Crippen molar-refractivity contribution in [1.29, 1.82) is 0 Å². The lowest BCUT2D eigenvalue weighted by molar-refractivity contribution is -0.114. The van der Waals surface area contributed by atoms with Gasteiger partial charge in [0.15, 0.2) is 0 Å². The molecule has 196 valence electrons. The molecule has 0 saturated carbocycles. The molecule has 0 radical (unpaired) electrons. The molecule has 0 bridgehead atoms. The fourth-order valence-electron chi connectivity index (χ4n) is 3.36. The zero-order valence-corrected chi connectivity index (χ0v) is 22.7.